The van der Waals surface area contributed by atoms with Gasteiger partial charge in [0.15, 0.2) is 6.29 Å². The molecule has 0 bridgehead atoms. The van der Waals surface area contributed by atoms with E-state index in [1.54, 1.807) is 0 Å². The number of aldehydes is 1. The van der Waals surface area contributed by atoms with E-state index in [0.717, 1.165) is 32.5 Å². The van der Waals surface area contributed by atoms with Crippen LogP contribution in [0.1, 0.15) is 61.4 Å². The van der Waals surface area contributed by atoms with Crippen LogP contribution < -0.4 is 0 Å². The maximum Gasteiger partial charge on any atom is 0.152 e. The number of hydrogen-bond acceptors (Lipinski definition) is 3. The van der Waals surface area contributed by atoms with E-state index in [-0.39, 0.29) is 0 Å². The van der Waals surface area contributed by atoms with Gasteiger partial charge in [0.2, 0.25) is 0 Å². The first-order valence-electron chi connectivity index (χ1n) is 6.70. The van der Waals surface area contributed by atoms with Crippen LogP contribution in [0, 0.1) is 0 Å². The first kappa shape index (κ1) is 17.3. The summed E-state index contributed by atoms with van der Waals surface area (Å²) in [5, 5.41) is 0. The van der Waals surface area contributed by atoms with Gasteiger partial charge in [0, 0.05) is 17.7 Å². The molecular formula is C14H20Br2O2S. The van der Waals surface area contributed by atoms with E-state index >= 15 is 0 Å². The van der Waals surface area contributed by atoms with Crippen molar-refractivity contribution >= 4 is 49.5 Å². The molecule has 19 heavy (non-hydrogen) atoms. The van der Waals surface area contributed by atoms with Crippen LogP contribution in [-0.4, -0.2) is 12.9 Å². The Morgan fingerprint density at radius 3 is 2.47 bits per heavy atom. The van der Waals surface area contributed by atoms with Crippen molar-refractivity contribution in [2.75, 3.05) is 6.61 Å². The largest absolute Gasteiger partial charge is 0.377 e. The molecule has 1 heterocycles. The molecule has 0 radical (unpaired) electrons. The number of halogens is 2. The van der Waals surface area contributed by atoms with Crippen molar-refractivity contribution < 1.29 is 9.53 Å². The van der Waals surface area contributed by atoms with Gasteiger partial charge >= 0.3 is 0 Å². The molecule has 0 saturated carbocycles. The number of rotatable bonds is 10. The number of thiophene rings is 1. The predicted octanol–water partition coefficient (Wildman–Crippen LogP) is 5.96. The molecule has 0 atom stereocenters. The maximum atomic E-state index is 11.0. The molecular weight excluding hydrogens is 392 g/mol. The van der Waals surface area contributed by atoms with Gasteiger partial charge < -0.3 is 4.74 Å². The minimum Gasteiger partial charge on any atom is -0.377 e. The number of unbranched alkanes of at least 4 members (excludes halogenated alkanes) is 5. The molecule has 0 aliphatic rings. The summed E-state index contributed by atoms with van der Waals surface area (Å²) in [6, 6.07) is 0. The molecule has 2 nitrogen and oxygen atoms in total. The molecule has 1 aromatic rings. The van der Waals surface area contributed by atoms with Gasteiger partial charge in [-0.2, -0.15) is 0 Å². The molecule has 1 rings (SSSR count). The topological polar surface area (TPSA) is 26.3 Å². The zero-order valence-corrected chi connectivity index (χ0v) is 15.2. The highest BCUT2D eigenvalue weighted by atomic mass is 79.9. The summed E-state index contributed by atoms with van der Waals surface area (Å²) in [6.45, 7) is 3.50. The molecule has 1 aromatic heterocycles. The van der Waals surface area contributed by atoms with Crippen molar-refractivity contribution in [3.63, 3.8) is 0 Å². The second kappa shape index (κ2) is 10.1. The van der Waals surface area contributed by atoms with Gasteiger partial charge in [0.05, 0.1) is 14.2 Å². The second-order valence-corrected chi connectivity index (χ2v) is 8.14. The Balaban J connectivity index is 2.21. The molecule has 0 saturated heterocycles. The zero-order chi connectivity index (χ0) is 14.1. The summed E-state index contributed by atoms with van der Waals surface area (Å²) in [7, 11) is 0. The maximum absolute atomic E-state index is 11.0. The van der Waals surface area contributed by atoms with Crippen LogP contribution >= 0.6 is 43.2 Å². The summed E-state index contributed by atoms with van der Waals surface area (Å²) >= 11 is 8.38. The van der Waals surface area contributed by atoms with E-state index in [0.29, 0.717) is 12.2 Å². The Morgan fingerprint density at radius 2 is 1.79 bits per heavy atom. The van der Waals surface area contributed by atoms with Crippen LogP contribution in [-0.2, 0) is 11.3 Å². The summed E-state index contributed by atoms with van der Waals surface area (Å²) in [5.74, 6) is 0. The Kier molecular flexibility index (Phi) is 9.20. The van der Waals surface area contributed by atoms with E-state index in [4.69, 9.17) is 4.74 Å². The molecule has 108 valence electrons. The molecule has 0 aliphatic heterocycles. The third kappa shape index (κ3) is 6.06. The van der Waals surface area contributed by atoms with E-state index in [1.165, 1.54) is 43.4 Å². The molecule has 5 heteroatoms. The Hall–Kier alpha value is 0.290. The smallest absolute Gasteiger partial charge is 0.152 e. The van der Waals surface area contributed by atoms with Gasteiger partial charge in [0.1, 0.15) is 0 Å². The van der Waals surface area contributed by atoms with Crippen LogP contribution in [0.5, 0.6) is 0 Å². The van der Waals surface area contributed by atoms with Crippen LogP contribution in [0.2, 0.25) is 0 Å². The standard InChI is InChI=1S/C14H20Br2O2S/c1-2-3-4-5-6-7-8-18-10-12-11(9-17)13(15)19-14(12)16/h9H,2-8,10H2,1H3. The van der Waals surface area contributed by atoms with Gasteiger partial charge in [-0.05, 0) is 38.3 Å². The Bertz CT molecular complexity index is 391. The van der Waals surface area contributed by atoms with E-state index in [9.17, 15) is 4.79 Å². The fraction of sp³-hybridized carbons (Fsp3) is 0.643. The number of carbonyl (C=O) groups excluding carboxylic acids is 1. The quantitative estimate of drug-likeness (QED) is 0.350. The number of ether oxygens (including phenoxy) is 1. The van der Waals surface area contributed by atoms with Gasteiger partial charge in [0.25, 0.3) is 0 Å². The normalized spacial score (nSPS) is 10.9. The van der Waals surface area contributed by atoms with Crippen LogP contribution in [0.4, 0.5) is 0 Å². The molecule has 0 amide bonds. The summed E-state index contributed by atoms with van der Waals surface area (Å²) in [6.07, 6.45) is 8.46. The fourth-order valence-corrected chi connectivity index (χ4v) is 4.84. The second-order valence-electron chi connectivity index (χ2n) is 4.48. The number of carbonyl (C=O) groups is 1. The molecule has 0 fully saturated rings. The lowest BCUT2D eigenvalue weighted by molar-refractivity contribution is 0.108. The van der Waals surface area contributed by atoms with Gasteiger partial charge in [-0.15, -0.1) is 11.3 Å². The Morgan fingerprint density at radius 1 is 1.11 bits per heavy atom. The molecule has 0 N–H and O–H groups in total. The van der Waals surface area contributed by atoms with Crippen molar-refractivity contribution in [2.45, 2.75) is 52.1 Å². The molecule has 0 unspecified atom stereocenters. The van der Waals surface area contributed by atoms with E-state index in [1.807, 2.05) is 0 Å². The third-order valence-electron chi connectivity index (χ3n) is 2.96. The van der Waals surface area contributed by atoms with Crippen molar-refractivity contribution in [1.82, 2.24) is 0 Å². The fourth-order valence-electron chi connectivity index (χ4n) is 1.83. The Labute approximate surface area is 136 Å². The highest BCUT2D eigenvalue weighted by molar-refractivity contribution is 9.12. The minimum atomic E-state index is 0.506. The highest BCUT2D eigenvalue weighted by Crippen LogP contribution is 2.36. The van der Waals surface area contributed by atoms with Crippen LogP contribution in [0.25, 0.3) is 0 Å². The number of hydrogen-bond donors (Lipinski definition) is 0. The van der Waals surface area contributed by atoms with Crippen molar-refractivity contribution in [3.05, 3.63) is 18.7 Å². The average Bonchev–Trinajstić information content (AvgIpc) is 2.66. The lowest BCUT2D eigenvalue weighted by Gasteiger charge is -2.04. The van der Waals surface area contributed by atoms with E-state index in [2.05, 4.69) is 38.8 Å². The minimum absolute atomic E-state index is 0.506. The van der Waals surface area contributed by atoms with Crippen molar-refractivity contribution in [3.8, 4) is 0 Å². The van der Waals surface area contributed by atoms with Gasteiger partial charge in [-0.3, -0.25) is 4.79 Å². The molecule has 0 aromatic carbocycles. The monoisotopic (exact) mass is 410 g/mol. The van der Waals surface area contributed by atoms with Crippen LogP contribution in [0.15, 0.2) is 7.57 Å². The summed E-state index contributed by atoms with van der Waals surface area (Å²) in [4.78, 5) is 11.0. The summed E-state index contributed by atoms with van der Waals surface area (Å²) in [5.41, 5.74) is 1.66. The van der Waals surface area contributed by atoms with Crippen molar-refractivity contribution in [2.24, 2.45) is 0 Å². The molecule has 0 spiro atoms. The predicted molar refractivity (Wildman–Crippen MR) is 88.1 cm³/mol. The SMILES string of the molecule is CCCCCCCCOCc1c(Br)sc(Br)c1C=O. The van der Waals surface area contributed by atoms with Crippen molar-refractivity contribution in [1.29, 1.82) is 0 Å². The summed E-state index contributed by atoms with van der Waals surface area (Å²) < 4.78 is 7.50. The molecule has 0 aliphatic carbocycles. The third-order valence-corrected chi connectivity index (χ3v) is 5.66. The van der Waals surface area contributed by atoms with Crippen LogP contribution in [0.3, 0.4) is 0 Å². The zero-order valence-electron chi connectivity index (χ0n) is 11.2. The first-order chi connectivity index (χ1) is 9.20. The van der Waals surface area contributed by atoms with Gasteiger partial charge in [-0.1, -0.05) is 39.0 Å². The lowest BCUT2D eigenvalue weighted by atomic mass is 10.1. The van der Waals surface area contributed by atoms with Gasteiger partial charge in [-0.25, -0.2) is 0 Å². The van der Waals surface area contributed by atoms with E-state index < -0.39 is 0 Å². The lowest BCUT2D eigenvalue weighted by Crippen LogP contribution is -1.98. The average molecular weight is 412 g/mol. The first-order valence-corrected chi connectivity index (χ1v) is 9.10. The highest BCUT2D eigenvalue weighted by Gasteiger charge is 2.14.